The van der Waals surface area contributed by atoms with Crippen LogP contribution in [0.2, 0.25) is 5.02 Å². The zero-order valence-corrected chi connectivity index (χ0v) is 19.6. The molecule has 1 aliphatic rings. The average molecular weight is 466 g/mol. The maximum absolute atomic E-state index is 12.4. The third-order valence-corrected chi connectivity index (χ3v) is 6.20. The first-order valence-corrected chi connectivity index (χ1v) is 11.4. The summed E-state index contributed by atoms with van der Waals surface area (Å²) in [6.07, 6.45) is 2.89. The number of rotatable bonds is 8. The number of benzene rings is 2. The van der Waals surface area contributed by atoms with E-state index in [-0.39, 0.29) is 5.91 Å². The van der Waals surface area contributed by atoms with Crippen molar-refractivity contribution in [1.29, 1.82) is 0 Å². The summed E-state index contributed by atoms with van der Waals surface area (Å²) >= 11 is 5.90. The number of carbonyl (C=O) groups excluding carboxylic acids is 1. The summed E-state index contributed by atoms with van der Waals surface area (Å²) in [6, 6.07) is 17.0. The molecule has 1 unspecified atom stereocenters. The Kier molecular flexibility index (Phi) is 7.47. The van der Waals surface area contributed by atoms with Gasteiger partial charge in [-0.05, 0) is 72.6 Å². The summed E-state index contributed by atoms with van der Waals surface area (Å²) in [7, 11) is 3.30. The molecule has 0 aliphatic carbocycles. The molecule has 0 radical (unpaired) electrons. The minimum absolute atomic E-state index is 0.119. The van der Waals surface area contributed by atoms with Gasteiger partial charge in [-0.15, -0.1) is 0 Å². The maximum Gasteiger partial charge on any atom is 0.251 e. The second kappa shape index (κ2) is 10.7. The van der Waals surface area contributed by atoms with E-state index in [0.717, 1.165) is 48.8 Å². The van der Waals surface area contributed by atoms with Crippen LogP contribution in [0.25, 0.3) is 0 Å². The van der Waals surface area contributed by atoms with Crippen LogP contribution >= 0.6 is 11.6 Å². The van der Waals surface area contributed by atoms with Crippen LogP contribution in [0.15, 0.2) is 60.8 Å². The van der Waals surface area contributed by atoms with Gasteiger partial charge in [0.25, 0.3) is 5.91 Å². The molecule has 1 amide bonds. The van der Waals surface area contributed by atoms with Crippen LogP contribution in [-0.2, 0) is 13.1 Å². The number of hydrogen-bond acceptors (Lipinski definition) is 5. The first-order valence-electron chi connectivity index (χ1n) is 11.0. The van der Waals surface area contributed by atoms with Gasteiger partial charge in [0.05, 0.1) is 14.2 Å². The van der Waals surface area contributed by atoms with Crippen LogP contribution in [-0.4, -0.2) is 43.1 Å². The molecule has 4 rings (SSSR count). The Labute approximate surface area is 199 Å². The zero-order valence-electron chi connectivity index (χ0n) is 18.9. The van der Waals surface area contributed by atoms with Crippen LogP contribution in [0.5, 0.6) is 11.5 Å². The summed E-state index contributed by atoms with van der Waals surface area (Å²) < 4.78 is 10.8. The fourth-order valence-electron chi connectivity index (χ4n) is 4.17. The molecule has 1 saturated heterocycles. The number of amides is 1. The van der Waals surface area contributed by atoms with Crippen molar-refractivity contribution in [2.75, 3.05) is 27.3 Å². The molecule has 1 N–H and O–H groups in total. The van der Waals surface area contributed by atoms with Crippen molar-refractivity contribution in [3.8, 4) is 11.5 Å². The third kappa shape index (κ3) is 5.83. The topological polar surface area (TPSA) is 63.7 Å². The number of methoxy groups -OCH3 is 2. The highest BCUT2D eigenvalue weighted by atomic mass is 35.5. The van der Waals surface area contributed by atoms with E-state index in [1.165, 1.54) is 5.56 Å². The van der Waals surface area contributed by atoms with Gasteiger partial charge < -0.3 is 14.8 Å². The number of ether oxygens (including phenoxy) is 2. The highest BCUT2D eigenvalue weighted by molar-refractivity contribution is 6.30. The van der Waals surface area contributed by atoms with E-state index in [9.17, 15) is 4.79 Å². The predicted molar refractivity (Wildman–Crippen MR) is 129 cm³/mol. The van der Waals surface area contributed by atoms with Gasteiger partial charge in [-0.3, -0.25) is 14.7 Å². The largest absolute Gasteiger partial charge is 0.493 e. The predicted octanol–water partition coefficient (Wildman–Crippen LogP) is 4.67. The quantitative estimate of drug-likeness (QED) is 0.523. The Balaban J connectivity index is 1.34. The van der Waals surface area contributed by atoms with Crippen LogP contribution in [0, 0.1) is 0 Å². The van der Waals surface area contributed by atoms with Crippen molar-refractivity contribution < 1.29 is 14.3 Å². The molecule has 0 bridgehead atoms. The van der Waals surface area contributed by atoms with E-state index in [2.05, 4.69) is 27.3 Å². The molecule has 0 spiro atoms. The first kappa shape index (κ1) is 23.1. The normalized spacial score (nSPS) is 15.9. The van der Waals surface area contributed by atoms with Gasteiger partial charge >= 0.3 is 0 Å². The van der Waals surface area contributed by atoms with E-state index in [1.807, 2.05) is 24.4 Å². The second-order valence-corrected chi connectivity index (χ2v) is 8.63. The lowest BCUT2D eigenvalue weighted by Gasteiger charge is -2.17. The molecule has 172 valence electrons. The Morgan fingerprint density at radius 1 is 1.06 bits per heavy atom. The van der Waals surface area contributed by atoms with Gasteiger partial charge in [-0.2, -0.15) is 0 Å². The minimum Gasteiger partial charge on any atom is -0.493 e. The summed E-state index contributed by atoms with van der Waals surface area (Å²) in [5, 5.41) is 3.58. The Morgan fingerprint density at radius 3 is 2.61 bits per heavy atom. The lowest BCUT2D eigenvalue weighted by atomic mass is 10.0. The number of halogens is 1. The first-order chi connectivity index (χ1) is 16.1. The highest BCUT2D eigenvalue weighted by Crippen LogP contribution is 2.31. The van der Waals surface area contributed by atoms with Crippen molar-refractivity contribution >= 4 is 17.5 Å². The number of nitrogens with zero attached hydrogens (tertiary/aromatic N) is 2. The summed E-state index contributed by atoms with van der Waals surface area (Å²) in [4.78, 5) is 19.4. The number of likely N-dealkylation sites (tertiary alicyclic amines) is 1. The lowest BCUT2D eigenvalue weighted by molar-refractivity contribution is 0.0951. The van der Waals surface area contributed by atoms with Crippen LogP contribution < -0.4 is 14.8 Å². The molecule has 33 heavy (non-hydrogen) atoms. The maximum atomic E-state index is 12.4. The van der Waals surface area contributed by atoms with E-state index in [0.29, 0.717) is 23.0 Å². The smallest absolute Gasteiger partial charge is 0.251 e. The Hall–Kier alpha value is -3.09. The van der Waals surface area contributed by atoms with Gasteiger partial charge in [0.1, 0.15) is 0 Å². The molecule has 2 aromatic carbocycles. The van der Waals surface area contributed by atoms with E-state index in [1.54, 1.807) is 38.5 Å². The third-order valence-electron chi connectivity index (χ3n) is 5.95. The fourth-order valence-corrected chi connectivity index (χ4v) is 4.29. The standard InChI is InChI=1S/C26H28ClN3O3/c1-32-24-8-3-19(14-25(24)33-2)16-30-12-10-21(17-30)23-13-18(9-11-28-23)15-29-26(31)20-4-6-22(27)7-5-20/h3-9,11,13-14,21H,10,12,15-17H2,1-2H3,(H,29,31). The molecule has 0 saturated carbocycles. The van der Waals surface area contributed by atoms with Gasteiger partial charge in [0, 0.05) is 48.0 Å². The van der Waals surface area contributed by atoms with Crippen molar-refractivity contribution in [3.05, 3.63) is 88.2 Å². The van der Waals surface area contributed by atoms with Gasteiger partial charge in [0.15, 0.2) is 11.5 Å². The molecule has 1 fully saturated rings. The van der Waals surface area contributed by atoms with Crippen molar-refractivity contribution in [1.82, 2.24) is 15.2 Å². The highest BCUT2D eigenvalue weighted by Gasteiger charge is 2.25. The monoisotopic (exact) mass is 465 g/mol. The van der Waals surface area contributed by atoms with Crippen LogP contribution in [0.3, 0.4) is 0 Å². The number of hydrogen-bond donors (Lipinski definition) is 1. The minimum atomic E-state index is -0.119. The summed E-state index contributed by atoms with van der Waals surface area (Å²) in [5.41, 5.74) is 3.90. The van der Waals surface area contributed by atoms with E-state index >= 15 is 0 Å². The second-order valence-electron chi connectivity index (χ2n) is 8.19. The molecule has 7 heteroatoms. The molecule has 1 atom stereocenters. The van der Waals surface area contributed by atoms with Crippen LogP contribution in [0.4, 0.5) is 0 Å². The summed E-state index contributed by atoms with van der Waals surface area (Å²) in [6.45, 7) is 3.27. The number of pyridine rings is 1. The van der Waals surface area contributed by atoms with E-state index in [4.69, 9.17) is 21.1 Å². The van der Waals surface area contributed by atoms with Gasteiger partial charge in [0.2, 0.25) is 0 Å². The molecule has 3 aromatic rings. The van der Waals surface area contributed by atoms with Crippen molar-refractivity contribution in [2.45, 2.75) is 25.4 Å². The molecule has 1 aromatic heterocycles. The Morgan fingerprint density at radius 2 is 1.85 bits per heavy atom. The fraction of sp³-hybridized carbons (Fsp3) is 0.308. The molecular weight excluding hydrogens is 438 g/mol. The number of nitrogens with one attached hydrogen (secondary N) is 1. The van der Waals surface area contributed by atoms with Crippen molar-refractivity contribution in [3.63, 3.8) is 0 Å². The Bertz CT molecular complexity index is 1100. The van der Waals surface area contributed by atoms with Crippen LogP contribution in [0.1, 0.15) is 39.5 Å². The van der Waals surface area contributed by atoms with Gasteiger partial charge in [-0.1, -0.05) is 17.7 Å². The SMILES string of the molecule is COc1ccc(CN2CCC(c3cc(CNC(=O)c4ccc(Cl)cc4)ccn3)C2)cc1OC. The number of aromatic nitrogens is 1. The number of carbonyl (C=O) groups is 1. The van der Waals surface area contributed by atoms with Gasteiger partial charge in [-0.25, -0.2) is 0 Å². The lowest BCUT2D eigenvalue weighted by Crippen LogP contribution is -2.23. The molecular formula is C26H28ClN3O3. The molecule has 1 aliphatic heterocycles. The molecule has 6 nitrogen and oxygen atoms in total. The molecule has 2 heterocycles. The zero-order chi connectivity index (χ0) is 23.2. The summed E-state index contributed by atoms with van der Waals surface area (Å²) in [5.74, 6) is 1.74. The van der Waals surface area contributed by atoms with E-state index < -0.39 is 0 Å². The average Bonchev–Trinajstić information content (AvgIpc) is 3.31. The van der Waals surface area contributed by atoms with Crippen molar-refractivity contribution in [2.24, 2.45) is 0 Å².